The molecule has 1 aliphatic rings. The molecule has 7 nitrogen and oxygen atoms in total. The number of carbonyl (C=O) groups is 2. The number of fused-ring (bicyclic) bond motifs is 1. The summed E-state index contributed by atoms with van der Waals surface area (Å²) in [6.07, 6.45) is 2.72. The number of aromatic nitrogens is 1. The number of hydrogen-bond donors (Lipinski definition) is 1. The van der Waals surface area contributed by atoms with Gasteiger partial charge in [0.1, 0.15) is 0 Å². The van der Waals surface area contributed by atoms with Gasteiger partial charge in [0.25, 0.3) is 15.9 Å². The summed E-state index contributed by atoms with van der Waals surface area (Å²) in [7, 11) is -1.34. The Balaban J connectivity index is 2.00. The average Bonchev–Trinajstić information content (AvgIpc) is 3.08. The van der Waals surface area contributed by atoms with Crippen molar-refractivity contribution in [1.29, 1.82) is 0 Å². The topological polar surface area (TPSA) is 96.4 Å². The first-order chi connectivity index (χ1) is 13.6. The minimum Gasteiger partial charge on any atom is -0.345 e. The molecule has 0 aliphatic heterocycles. The molecular weight excluding hydrogens is 414 g/mol. The van der Waals surface area contributed by atoms with Crippen LogP contribution in [0.15, 0.2) is 41.6 Å². The molecule has 1 unspecified atom stereocenters. The van der Waals surface area contributed by atoms with Gasteiger partial charge in [-0.1, -0.05) is 30.7 Å². The van der Waals surface area contributed by atoms with Gasteiger partial charge in [0.15, 0.2) is 5.03 Å². The van der Waals surface area contributed by atoms with Crippen LogP contribution in [0.3, 0.4) is 0 Å². The highest BCUT2D eigenvalue weighted by Crippen LogP contribution is 2.44. The molecule has 2 amide bonds. The Kier molecular flexibility index (Phi) is 5.69. The zero-order valence-electron chi connectivity index (χ0n) is 16.4. The van der Waals surface area contributed by atoms with Gasteiger partial charge in [0, 0.05) is 25.3 Å². The predicted octanol–water partition coefficient (Wildman–Crippen LogP) is 2.54. The Morgan fingerprint density at radius 3 is 2.62 bits per heavy atom. The lowest BCUT2D eigenvalue weighted by Crippen LogP contribution is -2.45. The van der Waals surface area contributed by atoms with Crippen molar-refractivity contribution in [3.05, 3.63) is 58.2 Å². The van der Waals surface area contributed by atoms with Crippen molar-refractivity contribution in [1.82, 2.24) is 14.6 Å². The molecular formula is C20H22ClN3O4S. The van der Waals surface area contributed by atoms with E-state index in [2.05, 4.69) is 9.71 Å². The molecule has 0 radical (unpaired) electrons. The molecule has 0 bridgehead atoms. The molecule has 1 aliphatic carbocycles. The van der Waals surface area contributed by atoms with E-state index in [0.717, 1.165) is 11.1 Å². The van der Waals surface area contributed by atoms with Crippen molar-refractivity contribution in [3.8, 4) is 0 Å². The Bertz CT molecular complexity index is 1080. The van der Waals surface area contributed by atoms with E-state index in [4.69, 9.17) is 11.6 Å². The Morgan fingerprint density at radius 1 is 1.24 bits per heavy atom. The van der Waals surface area contributed by atoms with Crippen LogP contribution < -0.4 is 4.72 Å². The first kappa shape index (κ1) is 21.3. The molecule has 3 rings (SSSR count). The largest absolute Gasteiger partial charge is 0.345 e. The van der Waals surface area contributed by atoms with E-state index in [-0.39, 0.29) is 5.56 Å². The fraction of sp³-hybridized carbons (Fsp3) is 0.350. The van der Waals surface area contributed by atoms with Gasteiger partial charge in [0.05, 0.1) is 11.0 Å². The van der Waals surface area contributed by atoms with E-state index in [0.29, 0.717) is 24.3 Å². The standard InChI is InChI=1S/C20H22ClN3O4S/c1-4-20(11-10-13-15(20)8-5-9-16(13)21)19(26)23-29(27,28)17-14(7-6-12-22-17)18(25)24(2)3/h5-9,12H,4,10-11H2,1-3H3,(H,23,26). The van der Waals surface area contributed by atoms with Crippen molar-refractivity contribution in [2.75, 3.05) is 14.1 Å². The van der Waals surface area contributed by atoms with E-state index in [9.17, 15) is 18.0 Å². The highest BCUT2D eigenvalue weighted by atomic mass is 35.5. The summed E-state index contributed by atoms with van der Waals surface area (Å²) in [4.78, 5) is 30.7. The zero-order chi connectivity index (χ0) is 21.4. The van der Waals surface area contributed by atoms with Gasteiger partial charge in [-0.25, -0.2) is 9.71 Å². The third-order valence-electron chi connectivity index (χ3n) is 5.36. The predicted molar refractivity (Wildman–Crippen MR) is 109 cm³/mol. The van der Waals surface area contributed by atoms with Crippen molar-refractivity contribution >= 4 is 33.4 Å². The van der Waals surface area contributed by atoms with Gasteiger partial charge in [-0.3, -0.25) is 9.59 Å². The lowest BCUT2D eigenvalue weighted by molar-refractivity contribution is -0.125. The molecule has 1 heterocycles. The average molecular weight is 436 g/mol. The Labute approximate surface area is 175 Å². The summed E-state index contributed by atoms with van der Waals surface area (Å²) >= 11 is 6.27. The normalized spacial score (nSPS) is 18.2. The van der Waals surface area contributed by atoms with Crippen LogP contribution in [0, 0.1) is 0 Å². The van der Waals surface area contributed by atoms with Gasteiger partial charge in [-0.05, 0) is 48.6 Å². The SMILES string of the molecule is CCC1(C(=O)NS(=O)(=O)c2ncccc2C(=O)N(C)C)CCc2c(Cl)cccc21. The second-order valence-corrected chi connectivity index (χ2v) is 9.20. The smallest absolute Gasteiger partial charge is 0.282 e. The molecule has 29 heavy (non-hydrogen) atoms. The van der Waals surface area contributed by atoms with Crippen LogP contribution in [0.5, 0.6) is 0 Å². The van der Waals surface area contributed by atoms with Crippen molar-refractivity contribution in [2.45, 2.75) is 36.6 Å². The number of sulfonamides is 1. The van der Waals surface area contributed by atoms with Gasteiger partial charge in [-0.2, -0.15) is 8.42 Å². The molecule has 0 spiro atoms. The van der Waals surface area contributed by atoms with Gasteiger partial charge in [-0.15, -0.1) is 0 Å². The highest BCUT2D eigenvalue weighted by molar-refractivity contribution is 7.90. The maximum Gasteiger partial charge on any atom is 0.282 e. The summed E-state index contributed by atoms with van der Waals surface area (Å²) in [5, 5.41) is 0.0969. The molecule has 9 heteroatoms. The number of halogens is 1. The Hall–Kier alpha value is -2.45. The third-order valence-corrected chi connectivity index (χ3v) is 7.01. The first-order valence-electron chi connectivity index (χ1n) is 9.16. The first-order valence-corrected chi connectivity index (χ1v) is 11.0. The number of nitrogens with zero attached hydrogens (tertiary/aromatic N) is 2. The highest BCUT2D eigenvalue weighted by Gasteiger charge is 2.46. The van der Waals surface area contributed by atoms with Crippen LogP contribution >= 0.6 is 11.6 Å². The number of carbonyl (C=O) groups excluding carboxylic acids is 2. The van der Waals surface area contributed by atoms with E-state index < -0.39 is 32.3 Å². The van der Waals surface area contributed by atoms with E-state index >= 15 is 0 Å². The molecule has 1 aromatic heterocycles. The fourth-order valence-electron chi connectivity index (χ4n) is 3.77. The fourth-order valence-corrected chi connectivity index (χ4v) is 5.22. The van der Waals surface area contributed by atoms with Crippen LogP contribution in [-0.2, 0) is 26.7 Å². The number of rotatable bonds is 5. The second kappa shape index (κ2) is 7.76. The quantitative estimate of drug-likeness (QED) is 0.778. The maximum absolute atomic E-state index is 13.2. The molecule has 2 aromatic rings. The number of amides is 2. The van der Waals surface area contributed by atoms with Crippen molar-refractivity contribution < 1.29 is 18.0 Å². The molecule has 0 saturated heterocycles. The molecule has 0 fully saturated rings. The molecule has 1 aromatic carbocycles. The van der Waals surface area contributed by atoms with Crippen LogP contribution in [0.2, 0.25) is 5.02 Å². The number of nitrogens with one attached hydrogen (secondary N) is 1. The van der Waals surface area contributed by atoms with Crippen LogP contribution in [-0.4, -0.2) is 44.2 Å². The number of pyridine rings is 1. The minimum absolute atomic E-state index is 0.0989. The van der Waals surface area contributed by atoms with Crippen molar-refractivity contribution in [2.24, 2.45) is 0 Å². The second-order valence-electron chi connectivity index (χ2n) is 7.19. The molecule has 0 saturated carbocycles. The minimum atomic E-state index is -4.36. The van der Waals surface area contributed by atoms with E-state index in [1.165, 1.54) is 37.3 Å². The number of hydrogen-bond acceptors (Lipinski definition) is 5. The summed E-state index contributed by atoms with van der Waals surface area (Å²) in [6.45, 7) is 1.84. The monoisotopic (exact) mass is 435 g/mol. The summed E-state index contributed by atoms with van der Waals surface area (Å²) in [5.41, 5.74) is 0.502. The molecule has 1 N–H and O–H groups in total. The molecule has 1 atom stereocenters. The maximum atomic E-state index is 13.2. The van der Waals surface area contributed by atoms with E-state index in [1.54, 1.807) is 12.1 Å². The van der Waals surface area contributed by atoms with E-state index in [1.807, 2.05) is 13.0 Å². The summed E-state index contributed by atoms with van der Waals surface area (Å²) in [6, 6.07) is 8.17. The third kappa shape index (κ3) is 3.62. The van der Waals surface area contributed by atoms with Crippen molar-refractivity contribution in [3.63, 3.8) is 0 Å². The van der Waals surface area contributed by atoms with Crippen LogP contribution in [0.1, 0.15) is 41.3 Å². The summed E-state index contributed by atoms with van der Waals surface area (Å²) in [5.74, 6) is -1.16. The van der Waals surface area contributed by atoms with Gasteiger partial charge >= 0.3 is 0 Å². The van der Waals surface area contributed by atoms with Gasteiger partial charge in [0.2, 0.25) is 5.91 Å². The molecule has 154 valence electrons. The summed E-state index contributed by atoms with van der Waals surface area (Å²) < 4.78 is 28.1. The zero-order valence-corrected chi connectivity index (χ0v) is 18.0. The lowest BCUT2D eigenvalue weighted by Gasteiger charge is -2.27. The number of benzene rings is 1. The van der Waals surface area contributed by atoms with Crippen LogP contribution in [0.4, 0.5) is 0 Å². The van der Waals surface area contributed by atoms with Gasteiger partial charge < -0.3 is 4.90 Å². The Morgan fingerprint density at radius 2 is 1.97 bits per heavy atom. The lowest BCUT2D eigenvalue weighted by atomic mass is 9.79. The van der Waals surface area contributed by atoms with Crippen LogP contribution in [0.25, 0.3) is 0 Å².